The maximum Gasteiger partial charge on any atom is 0.330 e. The number of carbonyl (C=O) groups excluding carboxylic acids is 2. The van der Waals surface area contributed by atoms with Gasteiger partial charge < -0.3 is 14.2 Å². The van der Waals surface area contributed by atoms with Gasteiger partial charge in [-0.05, 0) is 13.8 Å². The summed E-state index contributed by atoms with van der Waals surface area (Å²) in [4.78, 5) is 48.3. The molecule has 4 atom stereocenters. The molecule has 2 heterocycles. The Balaban J connectivity index is 2.36. The molecule has 144 valence electrons. The van der Waals surface area contributed by atoms with Crippen LogP contribution in [0.5, 0.6) is 0 Å². The van der Waals surface area contributed by atoms with Crippen molar-refractivity contribution in [2.75, 3.05) is 13.2 Å². The third-order valence-electron chi connectivity index (χ3n) is 3.76. The van der Waals surface area contributed by atoms with Crippen LogP contribution in [0.1, 0.15) is 26.5 Å². The van der Waals surface area contributed by atoms with Crippen LogP contribution in [0.25, 0.3) is 0 Å². The van der Waals surface area contributed by atoms with Crippen LogP contribution in [0, 0.1) is 11.7 Å². The second-order valence-electron chi connectivity index (χ2n) is 5.44. The van der Waals surface area contributed by atoms with Crippen molar-refractivity contribution in [3.8, 4) is 0 Å². The number of aromatic amines is 1. The molecule has 1 aliphatic rings. The van der Waals surface area contributed by atoms with E-state index in [0.717, 1.165) is 4.57 Å². The van der Waals surface area contributed by atoms with Crippen molar-refractivity contribution in [2.45, 2.75) is 37.4 Å². The summed E-state index contributed by atoms with van der Waals surface area (Å²) in [6.07, 6.45) is -1.65. The van der Waals surface area contributed by atoms with Crippen molar-refractivity contribution in [1.82, 2.24) is 9.55 Å². The summed E-state index contributed by atoms with van der Waals surface area (Å²) in [6.45, 7) is 3.52. The molecule has 1 aromatic heterocycles. The van der Waals surface area contributed by atoms with Gasteiger partial charge in [-0.25, -0.2) is 4.79 Å². The molecule has 1 aliphatic heterocycles. The Kier molecular flexibility index (Phi) is 6.70. The summed E-state index contributed by atoms with van der Waals surface area (Å²) in [5.41, 5.74) is -2.08. The van der Waals surface area contributed by atoms with Crippen LogP contribution < -0.4 is 11.2 Å². The van der Waals surface area contributed by atoms with E-state index in [1.807, 2.05) is 4.98 Å². The number of esters is 2. The standard InChI is InChI=1S/C15H18BrFN2O7/c1-3-24-9(20)5-8-10(14(22)25-4-2)11(16)13(26-8)19-6-7(17)12(21)18-15(19)23/h6,8,10-11,13H,3-5H2,1-2H3,(H,18,21,23)/t8-,10-,11+,13+/m1/s1. The summed E-state index contributed by atoms with van der Waals surface area (Å²) in [5.74, 6) is -3.35. The number of hydrogen-bond donors (Lipinski definition) is 1. The van der Waals surface area contributed by atoms with Crippen molar-refractivity contribution < 1.29 is 28.2 Å². The molecule has 0 unspecified atom stereocenters. The van der Waals surface area contributed by atoms with E-state index in [0.29, 0.717) is 6.20 Å². The van der Waals surface area contributed by atoms with Crippen LogP contribution in [0.4, 0.5) is 4.39 Å². The molecule has 2 rings (SSSR count). The molecular weight excluding hydrogens is 419 g/mol. The second kappa shape index (κ2) is 8.58. The highest BCUT2D eigenvalue weighted by Crippen LogP contribution is 2.40. The maximum atomic E-state index is 13.6. The molecule has 9 nitrogen and oxygen atoms in total. The zero-order valence-electron chi connectivity index (χ0n) is 14.1. The fraction of sp³-hybridized carbons (Fsp3) is 0.600. The van der Waals surface area contributed by atoms with Crippen LogP contribution in [-0.4, -0.2) is 45.6 Å². The molecule has 0 spiro atoms. The van der Waals surface area contributed by atoms with Gasteiger partial charge in [0, 0.05) is 0 Å². The van der Waals surface area contributed by atoms with E-state index in [9.17, 15) is 23.6 Å². The normalized spacial score (nSPS) is 25.1. The highest BCUT2D eigenvalue weighted by molar-refractivity contribution is 9.09. The Hall–Kier alpha value is -2.01. The Labute approximate surface area is 155 Å². The van der Waals surface area contributed by atoms with Gasteiger partial charge in [-0.1, -0.05) is 15.9 Å². The molecule has 0 amide bonds. The minimum atomic E-state index is -1.19. The van der Waals surface area contributed by atoms with Gasteiger partial charge in [0.1, 0.15) is 5.92 Å². The van der Waals surface area contributed by atoms with Crippen molar-refractivity contribution >= 4 is 27.9 Å². The van der Waals surface area contributed by atoms with Crippen LogP contribution in [0.3, 0.4) is 0 Å². The molecule has 11 heteroatoms. The minimum Gasteiger partial charge on any atom is -0.466 e. The lowest BCUT2D eigenvalue weighted by atomic mass is 9.98. The van der Waals surface area contributed by atoms with Gasteiger partial charge in [0.05, 0.1) is 36.8 Å². The van der Waals surface area contributed by atoms with E-state index in [4.69, 9.17) is 14.2 Å². The fourth-order valence-electron chi connectivity index (χ4n) is 2.67. The first-order chi connectivity index (χ1) is 12.3. The molecule has 1 N–H and O–H groups in total. The highest BCUT2D eigenvalue weighted by atomic mass is 79.9. The first kappa shape index (κ1) is 20.3. The third kappa shape index (κ3) is 4.21. The lowest BCUT2D eigenvalue weighted by Crippen LogP contribution is -2.37. The zero-order valence-corrected chi connectivity index (χ0v) is 15.7. The van der Waals surface area contributed by atoms with Gasteiger partial charge in [-0.15, -0.1) is 0 Å². The van der Waals surface area contributed by atoms with E-state index in [1.54, 1.807) is 13.8 Å². The first-order valence-electron chi connectivity index (χ1n) is 7.92. The zero-order chi connectivity index (χ0) is 19.4. The SMILES string of the molecule is CCOC(=O)C[C@H]1O[C@H](n2cc(F)c(=O)[nH]c2=O)[C@@H](Br)[C@@H]1C(=O)OCC. The molecule has 1 saturated heterocycles. The number of carbonyl (C=O) groups is 2. The molecular formula is C15H18BrFN2O7. The smallest absolute Gasteiger partial charge is 0.330 e. The number of nitrogens with zero attached hydrogens (tertiary/aromatic N) is 1. The van der Waals surface area contributed by atoms with Gasteiger partial charge >= 0.3 is 17.6 Å². The van der Waals surface area contributed by atoms with Gasteiger partial charge in [-0.3, -0.25) is 23.9 Å². The quantitative estimate of drug-likeness (QED) is 0.508. The lowest BCUT2D eigenvalue weighted by molar-refractivity contribution is -0.153. The molecule has 1 fully saturated rings. The Morgan fingerprint density at radius 2 is 1.96 bits per heavy atom. The van der Waals surface area contributed by atoms with Crippen LogP contribution in [0.2, 0.25) is 0 Å². The molecule has 0 aliphatic carbocycles. The molecule has 0 saturated carbocycles. The van der Waals surface area contributed by atoms with Gasteiger partial charge in [0.25, 0.3) is 5.56 Å². The lowest BCUT2D eigenvalue weighted by Gasteiger charge is -2.18. The fourth-order valence-corrected chi connectivity index (χ4v) is 3.61. The predicted octanol–water partition coefficient (Wildman–Crippen LogP) is 0.469. The molecule has 0 bridgehead atoms. The summed E-state index contributed by atoms with van der Waals surface area (Å²) < 4.78 is 29.9. The van der Waals surface area contributed by atoms with E-state index >= 15 is 0 Å². The summed E-state index contributed by atoms with van der Waals surface area (Å²) in [7, 11) is 0. The monoisotopic (exact) mass is 436 g/mol. The topological polar surface area (TPSA) is 117 Å². The van der Waals surface area contributed by atoms with Crippen molar-refractivity contribution in [3.63, 3.8) is 0 Å². The number of alkyl halides is 1. The average molecular weight is 437 g/mol. The number of H-pyrrole nitrogens is 1. The number of hydrogen-bond acceptors (Lipinski definition) is 7. The summed E-state index contributed by atoms with van der Waals surface area (Å²) in [5, 5.41) is 0. The maximum absolute atomic E-state index is 13.6. The second-order valence-corrected chi connectivity index (χ2v) is 6.50. The number of rotatable bonds is 6. The molecule has 0 radical (unpaired) electrons. The van der Waals surface area contributed by atoms with E-state index in [-0.39, 0.29) is 19.6 Å². The minimum absolute atomic E-state index is 0.110. The van der Waals surface area contributed by atoms with E-state index < -0.39 is 52.1 Å². The molecule has 0 aromatic carbocycles. The van der Waals surface area contributed by atoms with Crippen LogP contribution in [0.15, 0.2) is 15.8 Å². The largest absolute Gasteiger partial charge is 0.466 e. The third-order valence-corrected chi connectivity index (χ3v) is 4.78. The van der Waals surface area contributed by atoms with Crippen molar-refractivity contribution in [1.29, 1.82) is 0 Å². The molecule has 26 heavy (non-hydrogen) atoms. The Bertz CT molecular complexity index is 793. The first-order valence-corrected chi connectivity index (χ1v) is 8.84. The Morgan fingerprint density at radius 3 is 2.58 bits per heavy atom. The summed E-state index contributed by atoms with van der Waals surface area (Å²) >= 11 is 3.27. The van der Waals surface area contributed by atoms with Gasteiger partial charge in [0.15, 0.2) is 6.23 Å². The van der Waals surface area contributed by atoms with E-state index in [1.165, 1.54) is 0 Å². The number of aromatic nitrogens is 2. The summed E-state index contributed by atoms with van der Waals surface area (Å²) in [6, 6.07) is 0. The highest BCUT2D eigenvalue weighted by Gasteiger charge is 2.50. The predicted molar refractivity (Wildman–Crippen MR) is 89.3 cm³/mol. The Morgan fingerprint density at radius 1 is 1.31 bits per heavy atom. The van der Waals surface area contributed by atoms with Crippen LogP contribution >= 0.6 is 15.9 Å². The van der Waals surface area contributed by atoms with Crippen LogP contribution in [-0.2, 0) is 23.8 Å². The average Bonchev–Trinajstić information content (AvgIpc) is 2.87. The van der Waals surface area contributed by atoms with E-state index in [2.05, 4.69) is 15.9 Å². The van der Waals surface area contributed by atoms with Crippen molar-refractivity contribution in [2.24, 2.45) is 5.92 Å². The number of nitrogens with one attached hydrogen (secondary N) is 1. The van der Waals surface area contributed by atoms with Gasteiger partial charge in [-0.2, -0.15) is 4.39 Å². The number of ether oxygens (including phenoxy) is 3. The van der Waals surface area contributed by atoms with Crippen molar-refractivity contribution in [3.05, 3.63) is 32.9 Å². The number of halogens is 2. The molecule has 1 aromatic rings. The van der Waals surface area contributed by atoms with Gasteiger partial charge in [0.2, 0.25) is 5.82 Å².